The van der Waals surface area contributed by atoms with Gasteiger partial charge in [0.25, 0.3) is 0 Å². The third-order valence-corrected chi connectivity index (χ3v) is 6.38. The zero-order valence-corrected chi connectivity index (χ0v) is 18.1. The van der Waals surface area contributed by atoms with Gasteiger partial charge in [-0.05, 0) is 75.4 Å². The monoisotopic (exact) mass is 387 g/mol. The Morgan fingerprint density at radius 2 is 1.78 bits per heavy atom. The molecule has 27 heavy (non-hydrogen) atoms. The van der Waals surface area contributed by atoms with Crippen LogP contribution in [0.3, 0.4) is 0 Å². The number of benzene rings is 1. The minimum Gasteiger partial charge on any atom is -0.353 e. The summed E-state index contributed by atoms with van der Waals surface area (Å²) in [7, 11) is 0. The number of carbonyl (C=O) groups excluding carboxylic acids is 1. The molecule has 2 fully saturated rings. The van der Waals surface area contributed by atoms with E-state index in [1.54, 1.807) is 0 Å². The van der Waals surface area contributed by atoms with Gasteiger partial charge < -0.3 is 15.5 Å². The molecule has 2 saturated heterocycles. The number of carbonyl (C=O) groups is 1. The molecule has 1 aromatic rings. The number of anilines is 1. The van der Waals surface area contributed by atoms with Crippen molar-refractivity contribution in [2.24, 2.45) is 5.41 Å². The summed E-state index contributed by atoms with van der Waals surface area (Å²) in [5.74, 6) is 0.148. The number of fused-ring (bicyclic) bond motifs is 2. The molecule has 2 atom stereocenters. The van der Waals surface area contributed by atoms with E-state index < -0.39 is 0 Å². The van der Waals surface area contributed by atoms with Gasteiger partial charge >= 0.3 is 0 Å². The number of amides is 1. The number of nitrogens with zero attached hydrogens (tertiary/aromatic N) is 1. The second-order valence-corrected chi connectivity index (χ2v) is 9.60. The van der Waals surface area contributed by atoms with Crippen LogP contribution in [-0.2, 0) is 4.79 Å². The van der Waals surface area contributed by atoms with Crippen LogP contribution in [0.25, 0.3) is 0 Å². The standard InChI is InChI=1S/C22H33N3OS/c1-14-8-6-11-19(15(14)2)24-21(27)25-17-9-7-10-18(25)13-16(12-17)23-20(26)22(3,4)5/h6,8,11,16-18H,7,9-10,12-13H2,1-5H3,(H,23,26)(H,24,27). The fourth-order valence-electron chi connectivity index (χ4n) is 4.30. The van der Waals surface area contributed by atoms with Crippen LogP contribution in [0, 0.1) is 19.3 Å². The van der Waals surface area contributed by atoms with E-state index in [0.717, 1.165) is 36.5 Å². The summed E-state index contributed by atoms with van der Waals surface area (Å²) in [5, 5.41) is 7.62. The molecule has 0 spiro atoms. The van der Waals surface area contributed by atoms with Crippen molar-refractivity contribution in [2.75, 3.05) is 5.32 Å². The van der Waals surface area contributed by atoms with E-state index in [9.17, 15) is 4.79 Å². The van der Waals surface area contributed by atoms with E-state index in [4.69, 9.17) is 12.2 Å². The van der Waals surface area contributed by atoms with Crippen LogP contribution >= 0.6 is 12.2 Å². The maximum Gasteiger partial charge on any atom is 0.225 e. The van der Waals surface area contributed by atoms with E-state index >= 15 is 0 Å². The first-order chi connectivity index (χ1) is 12.7. The van der Waals surface area contributed by atoms with Crippen LogP contribution in [0.2, 0.25) is 0 Å². The molecule has 0 aliphatic carbocycles. The topological polar surface area (TPSA) is 44.4 Å². The molecule has 1 amide bonds. The Morgan fingerprint density at radius 1 is 1.15 bits per heavy atom. The van der Waals surface area contributed by atoms with E-state index in [1.165, 1.54) is 17.5 Å². The van der Waals surface area contributed by atoms with Crippen molar-refractivity contribution in [2.45, 2.75) is 84.8 Å². The molecule has 2 heterocycles. The van der Waals surface area contributed by atoms with Gasteiger partial charge in [0.2, 0.25) is 5.91 Å². The molecule has 2 N–H and O–H groups in total. The first-order valence-electron chi connectivity index (χ1n) is 10.1. The van der Waals surface area contributed by atoms with Crippen molar-refractivity contribution in [1.82, 2.24) is 10.2 Å². The Kier molecular flexibility index (Phi) is 5.80. The fraction of sp³-hybridized carbons (Fsp3) is 0.636. The Bertz CT molecular complexity index is 711. The average molecular weight is 388 g/mol. The maximum absolute atomic E-state index is 12.4. The molecule has 0 saturated carbocycles. The summed E-state index contributed by atoms with van der Waals surface area (Å²) in [5.41, 5.74) is 3.27. The minimum atomic E-state index is -0.341. The van der Waals surface area contributed by atoms with Crippen LogP contribution in [0.1, 0.15) is 64.0 Å². The highest BCUT2D eigenvalue weighted by Crippen LogP contribution is 2.35. The van der Waals surface area contributed by atoms with E-state index in [-0.39, 0.29) is 17.4 Å². The molecule has 2 aliphatic rings. The fourth-order valence-corrected chi connectivity index (χ4v) is 4.71. The first-order valence-corrected chi connectivity index (χ1v) is 10.5. The van der Waals surface area contributed by atoms with E-state index in [0.29, 0.717) is 12.1 Å². The van der Waals surface area contributed by atoms with Crippen LogP contribution in [0.5, 0.6) is 0 Å². The van der Waals surface area contributed by atoms with Gasteiger partial charge in [-0.2, -0.15) is 0 Å². The van der Waals surface area contributed by atoms with Gasteiger partial charge in [-0.15, -0.1) is 0 Å². The summed E-state index contributed by atoms with van der Waals surface area (Å²) < 4.78 is 0. The molecule has 3 rings (SSSR count). The van der Waals surface area contributed by atoms with Crippen LogP contribution in [0.15, 0.2) is 18.2 Å². The molecule has 2 unspecified atom stereocenters. The second-order valence-electron chi connectivity index (χ2n) is 9.22. The Balaban J connectivity index is 1.70. The van der Waals surface area contributed by atoms with Gasteiger partial charge in [0.15, 0.2) is 5.11 Å². The lowest BCUT2D eigenvalue weighted by Gasteiger charge is -2.50. The minimum absolute atomic E-state index is 0.148. The summed E-state index contributed by atoms with van der Waals surface area (Å²) in [6.45, 7) is 10.2. The predicted octanol–water partition coefficient (Wildman–Crippen LogP) is 4.55. The molecular formula is C22H33N3OS. The number of aryl methyl sites for hydroxylation is 1. The largest absolute Gasteiger partial charge is 0.353 e. The third-order valence-electron chi connectivity index (χ3n) is 6.07. The van der Waals surface area contributed by atoms with Gasteiger partial charge in [0.1, 0.15) is 0 Å². The number of thiocarbonyl (C=S) groups is 1. The summed E-state index contributed by atoms with van der Waals surface area (Å²) in [6.07, 6.45) is 5.50. The normalized spacial score (nSPS) is 25.1. The molecule has 5 heteroatoms. The highest BCUT2D eigenvalue weighted by Gasteiger charge is 2.40. The second kappa shape index (κ2) is 7.78. The number of piperidine rings is 2. The van der Waals surface area contributed by atoms with Gasteiger partial charge in [0.05, 0.1) is 0 Å². The summed E-state index contributed by atoms with van der Waals surface area (Å²) in [6, 6.07) is 7.37. The maximum atomic E-state index is 12.4. The zero-order valence-electron chi connectivity index (χ0n) is 17.3. The van der Waals surface area contributed by atoms with Crippen LogP contribution in [-0.4, -0.2) is 34.0 Å². The molecule has 4 nitrogen and oxygen atoms in total. The predicted molar refractivity (Wildman–Crippen MR) is 116 cm³/mol. The third kappa shape index (κ3) is 4.45. The van der Waals surface area contributed by atoms with Crippen molar-refractivity contribution >= 4 is 28.9 Å². The van der Waals surface area contributed by atoms with Crippen molar-refractivity contribution in [1.29, 1.82) is 0 Å². The van der Waals surface area contributed by atoms with Crippen LogP contribution in [0.4, 0.5) is 5.69 Å². The number of hydrogen-bond acceptors (Lipinski definition) is 2. The highest BCUT2D eigenvalue weighted by molar-refractivity contribution is 7.80. The SMILES string of the molecule is Cc1cccc(NC(=S)N2C3CCCC2CC(NC(=O)C(C)(C)C)C3)c1C. The lowest BCUT2D eigenvalue weighted by Crippen LogP contribution is -2.60. The Labute approximate surface area is 169 Å². The van der Waals surface area contributed by atoms with Gasteiger partial charge in [-0.3, -0.25) is 4.79 Å². The smallest absolute Gasteiger partial charge is 0.225 e. The van der Waals surface area contributed by atoms with Gasteiger partial charge in [-0.25, -0.2) is 0 Å². The molecule has 0 aromatic heterocycles. The zero-order chi connectivity index (χ0) is 19.8. The molecule has 0 radical (unpaired) electrons. The van der Waals surface area contributed by atoms with Crippen molar-refractivity contribution in [3.63, 3.8) is 0 Å². The van der Waals surface area contributed by atoms with Crippen molar-refractivity contribution < 1.29 is 4.79 Å². The lowest BCUT2D eigenvalue weighted by molar-refractivity contribution is -0.129. The van der Waals surface area contributed by atoms with Crippen molar-refractivity contribution in [3.8, 4) is 0 Å². The van der Waals surface area contributed by atoms with E-state index in [2.05, 4.69) is 47.6 Å². The number of hydrogen-bond donors (Lipinski definition) is 2. The number of rotatable bonds is 2. The molecule has 2 bridgehead atoms. The first kappa shape index (κ1) is 20.1. The summed E-state index contributed by atoms with van der Waals surface area (Å²) in [4.78, 5) is 14.8. The van der Waals surface area contributed by atoms with Crippen LogP contribution < -0.4 is 10.6 Å². The quantitative estimate of drug-likeness (QED) is 0.731. The summed E-state index contributed by atoms with van der Waals surface area (Å²) >= 11 is 5.83. The Morgan fingerprint density at radius 3 is 2.37 bits per heavy atom. The van der Waals surface area contributed by atoms with E-state index in [1.807, 2.05) is 20.8 Å². The highest BCUT2D eigenvalue weighted by atomic mass is 32.1. The molecular weight excluding hydrogens is 354 g/mol. The van der Waals surface area contributed by atoms with Crippen molar-refractivity contribution in [3.05, 3.63) is 29.3 Å². The molecule has 148 valence electrons. The molecule has 1 aromatic carbocycles. The van der Waals surface area contributed by atoms with Gasteiger partial charge in [0, 0.05) is 29.2 Å². The number of nitrogens with one attached hydrogen (secondary N) is 2. The molecule has 2 aliphatic heterocycles. The average Bonchev–Trinajstić information content (AvgIpc) is 2.57. The van der Waals surface area contributed by atoms with Gasteiger partial charge in [-0.1, -0.05) is 32.9 Å². The lowest BCUT2D eigenvalue weighted by atomic mass is 9.81. The Hall–Kier alpha value is -1.62.